The van der Waals surface area contributed by atoms with Crippen LogP contribution in [0.25, 0.3) is 0 Å². The maximum atomic E-state index is 12.6. The molecule has 0 spiro atoms. The lowest BCUT2D eigenvalue weighted by molar-refractivity contribution is -0.137. The van der Waals surface area contributed by atoms with Gasteiger partial charge < -0.3 is 5.32 Å². The summed E-state index contributed by atoms with van der Waals surface area (Å²) >= 11 is 0. The first-order valence-corrected chi connectivity index (χ1v) is 9.91. The second-order valence-corrected chi connectivity index (χ2v) is 8.21. The monoisotopic (exact) mass is 410 g/mol. The minimum Gasteiger partial charge on any atom is -0.344 e. The molecule has 0 radical (unpaired) electrons. The van der Waals surface area contributed by atoms with Crippen molar-refractivity contribution in [3.8, 4) is 6.07 Å². The number of hydrogen-bond acceptors (Lipinski definition) is 4. The van der Waals surface area contributed by atoms with Crippen molar-refractivity contribution < 1.29 is 26.4 Å². The van der Waals surface area contributed by atoms with E-state index in [1.165, 1.54) is 31.2 Å². The van der Waals surface area contributed by atoms with Crippen LogP contribution in [-0.4, -0.2) is 20.1 Å². The van der Waals surface area contributed by atoms with Crippen LogP contribution in [0.4, 0.5) is 13.2 Å². The van der Waals surface area contributed by atoms with Gasteiger partial charge in [-0.2, -0.15) is 18.4 Å². The molecule has 0 aliphatic heterocycles. The van der Waals surface area contributed by atoms with Crippen LogP contribution in [-0.2, 0) is 16.0 Å². The average Bonchev–Trinajstić information content (AvgIpc) is 2.67. The van der Waals surface area contributed by atoms with Crippen molar-refractivity contribution in [1.29, 1.82) is 5.26 Å². The van der Waals surface area contributed by atoms with E-state index in [1.54, 1.807) is 0 Å². The Kier molecular flexibility index (Phi) is 6.46. The van der Waals surface area contributed by atoms with E-state index in [-0.39, 0.29) is 22.6 Å². The highest BCUT2D eigenvalue weighted by Crippen LogP contribution is 2.29. The van der Waals surface area contributed by atoms with Crippen molar-refractivity contribution in [2.75, 3.05) is 5.75 Å². The smallest absolute Gasteiger partial charge is 0.344 e. The van der Waals surface area contributed by atoms with Gasteiger partial charge in [-0.15, -0.1) is 0 Å². The maximum Gasteiger partial charge on any atom is 0.416 e. The van der Waals surface area contributed by atoms with Crippen molar-refractivity contribution in [2.24, 2.45) is 0 Å². The first-order valence-electron chi connectivity index (χ1n) is 8.26. The maximum absolute atomic E-state index is 12.6. The van der Waals surface area contributed by atoms with Gasteiger partial charge in [0.2, 0.25) is 0 Å². The van der Waals surface area contributed by atoms with Crippen LogP contribution < -0.4 is 5.32 Å². The summed E-state index contributed by atoms with van der Waals surface area (Å²) in [5, 5.41) is 11.6. The Balaban J connectivity index is 2.21. The Morgan fingerprint density at radius 2 is 1.68 bits per heavy atom. The zero-order valence-corrected chi connectivity index (χ0v) is 15.6. The zero-order valence-electron chi connectivity index (χ0n) is 14.8. The highest BCUT2D eigenvalue weighted by molar-refractivity contribution is 7.91. The van der Waals surface area contributed by atoms with Crippen molar-refractivity contribution in [1.82, 2.24) is 5.32 Å². The van der Waals surface area contributed by atoms with Gasteiger partial charge in [-0.3, -0.25) is 4.79 Å². The number of carbonyl (C=O) groups excluding carboxylic acids is 1. The van der Waals surface area contributed by atoms with Crippen LogP contribution in [0.2, 0.25) is 0 Å². The molecule has 1 atom stereocenters. The van der Waals surface area contributed by atoms with E-state index >= 15 is 0 Å². The number of benzene rings is 2. The molecule has 0 fully saturated rings. The van der Waals surface area contributed by atoms with Gasteiger partial charge in [0.05, 0.1) is 34.7 Å². The minimum atomic E-state index is -4.50. The lowest BCUT2D eigenvalue weighted by Crippen LogP contribution is -2.28. The number of alkyl halides is 3. The summed E-state index contributed by atoms with van der Waals surface area (Å²) in [6.45, 7) is 1.52. The van der Waals surface area contributed by atoms with E-state index in [0.29, 0.717) is 5.56 Å². The third-order valence-electron chi connectivity index (χ3n) is 4.10. The van der Waals surface area contributed by atoms with E-state index in [9.17, 15) is 26.4 Å². The quantitative estimate of drug-likeness (QED) is 0.783. The average molecular weight is 410 g/mol. The summed E-state index contributed by atoms with van der Waals surface area (Å²) in [7, 11) is -3.38. The van der Waals surface area contributed by atoms with Crippen molar-refractivity contribution in [3.05, 3.63) is 65.2 Å². The summed E-state index contributed by atoms with van der Waals surface area (Å²) in [6, 6.07) is 10.7. The van der Waals surface area contributed by atoms with Crippen LogP contribution in [0.1, 0.15) is 40.9 Å². The Labute approximate surface area is 160 Å². The number of nitrogens with zero attached hydrogens (tertiary/aromatic N) is 1. The summed E-state index contributed by atoms with van der Waals surface area (Å²) in [5.41, 5.74) is -0.344. The second kappa shape index (κ2) is 8.44. The molecule has 28 heavy (non-hydrogen) atoms. The molecule has 0 unspecified atom stereocenters. The van der Waals surface area contributed by atoms with Gasteiger partial charge in [-0.25, -0.2) is 8.42 Å². The molecule has 0 aliphatic rings. The Hall–Kier alpha value is -2.86. The predicted octanol–water partition coefficient (Wildman–Crippen LogP) is 3.88. The van der Waals surface area contributed by atoms with Gasteiger partial charge in [0.15, 0.2) is 9.84 Å². The summed E-state index contributed by atoms with van der Waals surface area (Å²) in [5.74, 6) is -0.697. The first-order chi connectivity index (χ1) is 13.1. The van der Waals surface area contributed by atoms with Gasteiger partial charge in [0, 0.05) is 5.56 Å². The lowest BCUT2D eigenvalue weighted by atomic mass is 10.0. The Morgan fingerprint density at radius 3 is 2.14 bits per heavy atom. The van der Waals surface area contributed by atoms with E-state index < -0.39 is 33.5 Å². The lowest BCUT2D eigenvalue weighted by Gasteiger charge is -2.17. The van der Waals surface area contributed by atoms with Gasteiger partial charge >= 0.3 is 6.18 Å². The number of rotatable bonds is 6. The van der Waals surface area contributed by atoms with Crippen LogP contribution in [0.3, 0.4) is 0 Å². The number of amides is 1. The second-order valence-electron chi connectivity index (χ2n) is 5.94. The number of carbonyl (C=O) groups is 1. The van der Waals surface area contributed by atoms with Crippen molar-refractivity contribution in [3.63, 3.8) is 0 Å². The van der Waals surface area contributed by atoms with Crippen LogP contribution in [0, 0.1) is 11.3 Å². The SMILES string of the molecule is CCS(=O)(=O)c1ccc([C@H](CC#N)NC(=O)c2ccc(C(F)(F)F)cc2)cc1. The van der Waals surface area contributed by atoms with E-state index in [2.05, 4.69) is 5.32 Å². The highest BCUT2D eigenvalue weighted by atomic mass is 32.2. The molecule has 2 rings (SSSR count). The van der Waals surface area contributed by atoms with Gasteiger partial charge in [-0.1, -0.05) is 19.1 Å². The third kappa shape index (κ3) is 5.10. The first kappa shape index (κ1) is 21.4. The molecule has 1 amide bonds. The fourth-order valence-corrected chi connectivity index (χ4v) is 3.35. The Bertz CT molecular complexity index is 977. The molecule has 0 saturated heterocycles. The molecule has 0 heterocycles. The zero-order chi connectivity index (χ0) is 20.9. The molecule has 0 bridgehead atoms. The standard InChI is InChI=1S/C19H17F3N2O3S/c1-2-28(26,27)16-9-5-13(6-10-16)17(11-12-23)24-18(25)14-3-7-15(8-4-14)19(20,21)22/h3-10,17H,2,11H2,1H3,(H,24,25)/t17-/m0/s1. The molecule has 2 aromatic rings. The van der Waals surface area contributed by atoms with Gasteiger partial charge in [0.25, 0.3) is 5.91 Å². The highest BCUT2D eigenvalue weighted by Gasteiger charge is 2.30. The molecule has 0 saturated carbocycles. The number of nitriles is 1. The minimum absolute atomic E-state index is 0.0149. The molecular formula is C19H17F3N2O3S. The van der Waals surface area contributed by atoms with Crippen LogP contribution in [0.15, 0.2) is 53.4 Å². The van der Waals surface area contributed by atoms with Crippen molar-refractivity contribution in [2.45, 2.75) is 30.5 Å². The molecule has 0 aromatic heterocycles. The van der Waals surface area contributed by atoms with E-state index in [1.807, 2.05) is 6.07 Å². The predicted molar refractivity (Wildman–Crippen MR) is 96.1 cm³/mol. The van der Waals surface area contributed by atoms with Crippen LogP contribution >= 0.6 is 0 Å². The molecular weight excluding hydrogens is 393 g/mol. The number of hydrogen-bond donors (Lipinski definition) is 1. The van der Waals surface area contributed by atoms with E-state index in [4.69, 9.17) is 5.26 Å². The molecule has 1 N–H and O–H groups in total. The summed E-state index contributed by atoms with van der Waals surface area (Å²) < 4.78 is 61.6. The van der Waals surface area contributed by atoms with Crippen LogP contribution in [0.5, 0.6) is 0 Å². The number of nitrogens with one attached hydrogen (secondary N) is 1. The summed E-state index contributed by atoms with van der Waals surface area (Å²) in [6.07, 6.45) is -4.59. The number of halogens is 3. The van der Waals surface area contributed by atoms with E-state index in [0.717, 1.165) is 24.3 Å². The third-order valence-corrected chi connectivity index (χ3v) is 5.85. The normalized spacial score (nSPS) is 12.8. The van der Waals surface area contributed by atoms with Gasteiger partial charge in [0.1, 0.15) is 0 Å². The summed E-state index contributed by atoms with van der Waals surface area (Å²) in [4.78, 5) is 12.5. The molecule has 9 heteroatoms. The van der Waals surface area contributed by atoms with Gasteiger partial charge in [-0.05, 0) is 42.0 Å². The number of sulfone groups is 1. The van der Waals surface area contributed by atoms with Crippen molar-refractivity contribution >= 4 is 15.7 Å². The fourth-order valence-electron chi connectivity index (χ4n) is 2.47. The molecule has 0 aliphatic carbocycles. The topological polar surface area (TPSA) is 87.0 Å². The molecule has 148 valence electrons. The molecule has 5 nitrogen and oxygen atoms in total. The fraction of sp³-hybridized carbons (Fsp3) is 0.263. The largest absolute Gasteiger partial charge is 0.416 e. The molecule has 2 aromatic carbocycles. The Morgan fingerprint density at radius 1 is 1.11 bits per heavy atom.